The molecule has 10 nitrogen and oxygen atoms in total. The molecule has 5 amide bonds. The minimum atomic E-state index is -0.855. The molecule has 2 heterocycles. The molecule has 47 heavy (non-hydrogen) atoms. The molecular weight excluding hydrogens is 592 g/mol. The van der Waals surface area contributed by atoms with Gasteiger partial charge in [-0.3, -0.25) is 14.4 Å². The van der Waals surface area contributed by atoms with Gasteiger partial charge in [-0.15, -0.1) is 0 Å². The number of nitrogens with one attached hydrogen (secondary N) is 4. The zero-order chi connectivity index (χ0) is 33.2. The molecule has 3 aromatic carbocycles. The number of carbonyl (C=O) groups excluding carboxylic acids is 4. The highest BCUT2D eigenvalue weighted by atomic mass is 16.2. The van der Waals surface area contributed by atoms with Crippen molar-refractivity contribution in [2.24, 2.45) is 11.7 Å². The highest BCUT2D eigenvalue weighted by Crippen LogP contribution is 2.35. The van der Waals surface area contributed by atoms with Gasteiger partial charge in [0.15, 0.2) is 0 Å². The van der Waals surface area contributed by atoms with Crippen molar-refractivity contribution in [1.82, 2.24) is 26.2 Å². The predicted octanol–water partition coefficient (Wildman–Crippen LogP) is 3.77. The summed E-state index contributed by atoms with van der Waals surface area (Å²) in [6, 6.07) is 26.1. The summed E-state index contributed by atoms with van der Waals surface area (Å²) in [7, 11) is 0. The van der Waals surface area contributed by atoms with E-state index < -0.39 is 24.0 Å². The number of nitrogens with zero attached hydrogens (tertiary/aromatic N) is 1. The second-order valence-electron chi connectivity index (χ2n) is 12.5. The summed E-state index contributed by atoms with van der Waals surface area (Å²) in [6.07, 6.45) is 3.52. The van der Waals surface area contributed by atoms with E-state index in [0.29, 0.717) is 51.6 Å². The van der Waals surface area contributed by atoms with Crippen LogP contribution in [0, 0.1) is 5.92 Å². The number of rotatable bonds is 12. The lowest BCUT2D eigenvalue weighted by Crippen LogP contribution is -2.58. The minimum Gasteiger partial charge on any atom is -0.343 e. The van der Waals surface area contributed by atoms with Crippen LogP contribution in [0.15, 0.2) is 91.0 Å². The molecule has 0 saturated carbocycles. The van der Waals surface area contributed by atoms with Crippen molar-refractivity contribution in [2.45, 2.75) is 82.2 Å². The van der Waals surface area contributed by atoms with Crippen molar-refractivity contribution in [3.63, 3.8) is 0 Å². The van der Waals surface area contributed by atoms with Crippen LogP contribution in [0.3, 0.4) is 0 Å². The number of nitrogens with two attached hydrogens (primary N) is 1. The molecule has 6 N–H and O–H groups in total. The third kappa shape index (κ3) is 8.56. The van der Waals surface area contributed by atoms with Crippen LogP contribution in [0.1, 0.15) is 68.2 Å². The molecule has 0 unspecified atom stereocenters. The summed E-state index contributed by atoms with van der Waals surface area (Å²) in [4.78, 5) is 55.7. The van der Waals surface area contributed by atoms with Crippen LogP contribution >= 0.6 is 0 Å². The Balaban J connectivity index is 1.29. The molecular formula is C37H46N6O4. The van der Waals surface area contributed by atoms with Crippen LogP contribution < -0.4 is 27.0 Å². The van der Waals surface area contributed by atoms with E-state index in [0.717, 1.165) is 16.7 Å². The molecule has 2 aliphatic heterocycles. The largest absolute Gasteiger partial charge is 0.343 e. The molecule has 2 saturated heterocycles. The topological polar surface area (TPSA) is 146 Å². The van der Waals surface area contributed by atoms with Gasteiger partial charge in [0.05, 0.1) is 12.1 Å². The second kappa shape index (κ2) is 16.2. The first-order valence-electron chi connectivity index (χ1n) is 16.7. The molecule has 0 spiro atoms. The van der Waals surface area contributed by atoms with Gasteiger partial charge < -0.3 is 31.9 Å². The normalized spacial score (nSPS) is 21.3. The van der Waals surface area contributed by atoms with Crippen LogP contribution in [-0.2, 0) is 20.9 Å². The van der Waals surface area contributed by atoms with Crippen LogP contribution in [-0.4, -0.2) is 59.4 Å². The van der Waals surface area contributed by atoms with E-state index in [9.17, 15) is 19.2 Å². The van der Waals surface area contributed by atoms with Crippen LogP contribution in [0.5, 0.6) is 0 Å². The first-order chi connectivity index (χ1) is 22.9. The fourth-order valence-electron chi connectivity index (χ4n) is 6.73. The molecule has 0 radical (unpaired) electrons. The minimum absolute atomic E-state index is 0.114. The molecule has 2 fully saturated rings. The van der Waals surface area contributed by atoms with Crippen molar-refractivity contribution < 1.29 is 19.2 Å². The molecule has 2 aliphatic rings. The number of hydrogen-bond donors (Lipinski definition) is 5. The monoisotopic (exact) mass is 638 g/mol. The number of fused-ring (bicyclic) bond motifs is 1. The summed E-state index contributed by atoms with van der Waals surface area (Å²) in [5.74, 6) is -1.11. The molecule has 5 atom stereocenters. The Hall–Kier alpha value is -4.70. The van der Waals surface area contributed by atoms with Gasteiger partial charge in [0, 0.05) is 19.1 Å². The van der Waals surface area contributed by atoms with E-state index in [-0.39, 0.29) is 35.8 Å². The third-order valence-electron chi connectivity index (χ3n) is 9.39. The van der Waals surface area contributed by atoms with Crippen molar-refractivity contribution in [3.8, 4) is 0 Å². The fraction of sp³-hybridized carbons (Fsp3) is 0.405. The Morgan fingerprint density at radius 1 is 0.830 bits per heavy atom. The molecule has 10 heteroatoms. The Morgan fingerprint density at radius 3 is 2.04 bits per heavy atom. The molecule has 5 rings (SSSR count). The van der Waals surface area contributed by atoms with E-state index in [1.165, 1.54) is 0 Å². The highest BCUT2D eigenvalue weighted by molar-refractivity contribution is 5.94. The first-order valence-corrected chi connectivity index (χ1v) is 16.7. The molecule has 0 aromatic heterocycles. The van der Waals surface area contributed by atoms with E-state index in [1.54, 1.807) is 4.90 Å². The molecule has 0 bridgehead atoms. The highest BCUT2D eigenvalue weighted by Gasteiger charge is 2.47. The molecule has 3 aromatic rings. The quantitative estimate of drug-likeness (QED) is 0.205. The fourth-order valence-corrected chi connectivity index (χ4v) is 6.73. The lowest BCUT2D eigenvalue weighted by atomic mass is 9.90. The number of benzene rings is 3. The van der Waals surface area contributed by atoms with Crippen LogP contribution in [0.25, 0.3) is 0 Å². The third-order valence-corrected chi connectivity index (χ3v) is 9.39. The Kier molecular flexibility index (Phi) is 11.6. The second-order valence-corrected chi connectivity index (χ2v) is 12.5. The van der Waals surface area contributed by atoms with Gasteiger partial charge in [0.1, 0.15) is 12.1 Å². The predicted molar refractivity (Wildman–Crippen MR) is 181 cm³/mol. The van der Waals surface area contributed by atoms with Crippen molar-refractivity contribution in [3.05, 3.63) is 108 Å². The maximum atomic E-state index is 14.4. The van der Waals surface area contributed by atoms with Crippen molar-refractivity contribution >= 4 is 23.8 Å². The number of amides is 5. The van der Waals surface area contributed by atoms with E-state index >= 15 is 0 Å². The van der Waals surface area contributed by atoms with Gasteiger partial charge in [-0.05, 0) is 61.1 Å². The lowest BCUT2D eigenvalue weighted by molar-refractivity contribution is -0.143. The number of urea groups is 1. The standard InChI is InChI=1S/C37H46N6O4/c1-2-30(38)34(44)42-33-28(22-23-39-37(47)40-24-25-12-6-3-7-13-25)18-19-29-20-21-31(43(29)36(33)46)35(45)41-32(26-14-8-4-9-15-26)27-16-10-5-11-17-27/h3-17,28-33H,2,18-24,38H2,1H3,(H,41,45)(H,42,44)(H2,39,40,47)/t28-,29+,30+,31+,33+/m1/s1. The summed E-state index contributed by atoms with van der Waals surface area (Å²) < 4.78 is 0. The maximum absolute atomic E-state index is 14.4. The van der Waals surface area contributed by atoms with Crippen LogP contribution in [0.4, 0.5) is 4.79 Å². The summed E-state index contributed by atoms with van der Waals surface area (Å²) >= 11 is 0. The summed E-state index contributed by atoms with van der Waals surface area (Å²) in [6.45, 7) is 2.55. The Bertz CT molecular complexity index is 1450. The van der Waals surface area contributed by atoms with E-state index in [2.05, 4.69) is 21.3 Å². The van der Waals surface area contributed by atoms with Crippen molar-refractivity contribution in [1.29, 1.82) is 0 Å². The Labute approximate surface area is 276 Å². The van der Waals surface area contributed by atoms with Gasteiger partial charge >= 0.3 is 6.03 Å². The Morgan fingerprint density at radius 2 is 1.43 bits per heavy atom. The van der Waals surface area contributed by atoms with Gasteiger partial charge in [0.2, 0.25) is 17.7 Å². The van der Waals surface area contributed by atoms with Crippen LogP contribution in [0.2, 0.25) is 0 Å². The smallest absolute Gasteiger partial charge is 0.315 e. The lowest BCUT2D eigenvalue weighted by Gasteiger charge is -2.33. The number of hydrogen-bond acceptors (Lipinski definition) is 5. The van der Waals surface area contributed by atoms with Gasteiger partial charge in [0.25, 0.3) is 0 Å². The van der Waals surface area contributed by atoms with E-state index in [1.807, 2.05) is 97.9 Å². The average molecular weight is 639 g/mol. The summed E-state index contributed by atoms with van der Waals surface area (Å²) in [5.41, 5.74) is 8.95. The maximum Gasteiger partial charge on any atom is 0.315 e. The van der Waals surface area contributed by atoms with Gasteiger partial charge in [-0.2, -0.15) is 0 Å². The SMILES string of the molecule is CC[C@H](N)C(=O)N[C@@H]1C(=O)N2[C@@H](CC[C@@H]1CCNC(=O)NCc1ccccc1)CC[C@H]2C(=O)NC(c1ccccc1)c1ccccc1. The van der Waals surface area contributed by atoms with Gasteiger partial charge in [-0.1, -0.05) is 97.9 Å². The van der Waals surface area contributed by atoms with Gasteiger partial charge in [-0.25, -0.2) is 4.79 Å². The summed E-state index contributed by atoms with van der Waals surface area (Å²) in [5, 5.41) is 11.9. The van der Waals surface area contributed by atoms with Crippen molar-refractivity contribution in [2.75, 3.05) is 6.54 Å². The number of carbonyl (C=O) groups is 4. The average Bonchev–Trinajstić information content (AvgIpc) is 3.49. The zero-order valence-electron chi connectivity index (χ0n) is 26.9. The molecule has 0 aliphatic carbocycles. The van der Waals surface area contributed by atoms with E-state index in [4.69, 9.17) is 5.73 Å². The molecule has 248 valence electrons. The zero-order valence-corrected chi connectivity index (χ0v) is 26.9. The first kappa shape index (κ1) is 33.7.